The van der Waals surface area contributed by atoms with Gasteiger partial charge in [0.25, 0.3) is 11.5 Å². The van der Waals surface area contributed by atoms with Crippen LogP contribution in [0.25, 0.3) is 27.8 Å². The number of carbonyl (C=O) groups is 1. The van der Waals surface area contributed by atoms with Crippen LogP contribution in [0.1, 0.15) is 85.6 Å². The average molecular weight is 731 g/mol. The third-order valence-electron chi connectivity index (χ3n) is 11.6. The van der Waals surface area contributed by atoms with Gasteiger partial charge in [-0.3, -0.25) is 24.0 Å². The maximum absolute atomic E-state index is 14.6. The lowest BCUT2D eigenvalue weighted by molar-refractivity contribution is 0.0896. The van der Waals surface area contributed by atoms with Crippen LogP contribution >= 0.6 is 0 Å². The van der Waals surface area contributed by atoms with Crippen molar-refractivity contribution in [3.8, 4) is 16.8 Å². The Kier molecular flexibility index (Phi) is 10.5. The summed E-state index contributed by atoms with van der Waals surface area (Å²) in [6, 6.07) is 17.5. The summed E-state index contributed by atoms with van der Waals surface area (Å²) in [6.07, 6.45) is 12.6. The Morgan fingerprint density at radius 1 is 0.796 bits per heavy atom. The van der Waals surface area contributed by atoms with Crippen molar-refractivity contribution >= 4 is 16.9 Å². The van der Waals surface area contributed by atoms with Gasteiger partial charge in [0.2, 0.25) is 0 Å². The maximum atomic E-state index is 14.6. The van der Waals surface area contributed by atoms with Gasteiger partial charge in [-0.2, -0.15) is 0 Å². The predicted octanol–water partition coefficient (Wildman–Crippen LogP) is 5.82. The van der Waals surface area contributed by atoms with E-state index in [-0.39, 0.29) is 28.7 Å². The Labute approximate surface area is 313 Å². The zero-order chi connectivity index (χ0) is 37.2. The first-order chi connectivity index (χ1) is 26.3. The second-order valence-electron chi connectivity index (χ2n) is 15.2. The molecule has 3 aromatic heterocycles. The standard InChI is InChI=1S/C42H47FN8O3/c1-28-24-45-38(26-44-28)40(52)47-33-12-14-35(15-13-33)51-41(53)37-23-32(43)25-46-39(37)50(42(51)54)36-7-5-6-31(22-36)30-10-8-29(9-11-30)27-48-20-16-34(17-21-48)49-18-3-2-4-19-49/h5-11,22-26,33-35H,2-4,12-21,27H2,1H3,(H,47,52). The van der Waals surface area contributed by atoms with Crippen LogP contribution in [0.5, 0.6) is 0 Å². The van der Waals surface area contributed by atoms with Gasteiger partial charge >= 0.3 is 5.69 Å². The van der Waals surface area contributed by atoms with Gasteiger partial charge in [-0.15, -0.1) is 0 Å². The molecule has 1 amide bonds. The molecule has 0 spiro atoms. The van der Waals surface area contributed by atoms with E-state index in [2.05, 4.69) is 54.3 Å². The first-order valence-corrected chi connectivity index (χ1v) is 19.4. The molecule has 1 aliphatic carbocycles. The fourth-order valence-electron chi connectivity index (χ4n) is 8.60. The number of hydrogen-bond donors (Lipinski definition) is 1. The molecule has 5 aromatic rings. The summed E-state index contributed by atoms with van der Waals surface area (Å²) >= 11 is 0. The van der Waals surface area contributed by atoms with Gasteiger partial charge in [0, 0.05) is 30.9 Å². The number of pyridine rings is 1. The number of amides is 1. The van der Waals surface area contributed by atoms with Gasteiger partial charge in [-0.1, -0.05) is 42.8 Å². The molecule has 0 atom stereocenters. The predicted molar refractivity (Wildman–Crippen MR) is 206 cm³/mol. The summed E-state index contributed by atoms with van der Waals surface area (Å²) in [5.41, 5.74) is 3.71. The Morgan fingerprint density at radius 3 is 2.28 bits per heavy atom. The Hall–Kier alpha value is -5.07. The van der Waals surface area contributed by atoms with Crippen LogP contribution in [0, 0.1) is 12.7 Å². The van der Waals surface area contributed by atoms with E-state index < -0.39 is 23.1 Å². The van der Waals surface area contributed by atoms with Crippen molar-refractivity contribution in [2.45, 2.75) is 89.4 Å². The number of nitrogens with one attached hydrogen (secondary N) is 1. The third kappa shape index (κ3) is 7.63. The molecule has 8 rings (SSSR count). The average Bonchev–Trinajstić information content (AvgIpc) is 3.20. The molecule has 54 heavy (non-hydrogen) atoms. The summed E-state index contributed by atoms with van der Waals surface area (Å²) in [5, 5.41) is 3.05. The Balaban J connectivity index is 1.000. The van der Waals surface area contributed by atoms with Crippen molar-refractivity contribution in [3.05, 3.63) is 117 Å². The van der Waals surface area contributed by atoms with Gasteiger partial charge in [-0.25, -0.2) is 23.7 Å². The molecule has 0 radical (unpaired) electrons. The molecule has 1 saturated carbocycles. The van der Waals surface area contributed by atoms with Crippen molar-refractivity contribution < 1.29 is 9.18 Å². The lowest BCUT2D eigenvalue weighted by Crippen LogP contribution is -2.46. The largest absolute Gasteiger partial charge is 0.348 e. The number of halogens is 1. The molecule has 0 bridgehead atoms. The molecule has 280 valence electrons. The van der Waals surface area contributed by atoms with Crippen molar-refractivity contribution in [3.63, 3.8) is 0 Å². The van der Waals surface area contributed by atoms with Gasteiger partial charge < -0.3 is 10.2 Å². The number of fused-ring (bicyclic) bond motifs is 1. The van der Waals surface area contributed by atoms with Crippen LogP contribution in [0.4, 0.5) is 4.39 Å². The third-order valence-corrected chi connectivity index (χ3v) is 11.6. The lowest BCUT2D eigenvalue weighted by atomic mass is 9.90. The highest BCUT2D eigenvalue weighted by atomic mass is 19.1. The molecular weight excluding hydrogens is 684 g/mol. The molecule has 1 N–H and O–H groups in total. The van der Waals surface area contributed by atoms with E-state index in [1.165, 1.54) is 66.1 Å². The Morgan fingerprint density at radius 2 is 1.56 bits per heavy atom. The molecule has 3 fully saturated rings. The summed E-state index contributed by atoms with van der Waals surface area (Å²) < 4.78 is 17.2. The monoisotopic (exact) mass is 730 g/mol. The second-order valence-corrected chi connectivity index (χ2v) is 15.2. The number of likely N-dealkylation sites (tertiary alicyclic amines) is 2. The van der Waals surface area contributed by atoms with E-state index >= 15 is 0 Å². The van der Waals surface area contributed by atoms with Crippen molar-refractivity contribution in [1.29, 1.82) is 0 Å². The van der Waals surface area contributed by atoms with Gasteiger partial charge in [-0.05, 0) is 119 Å². The van der Waals surface area contributed by atoms with Crippen LogP contribution in [0.3, 0.4) is 0 Å². The van der Waals surface area contributed by atoms with E-state index in [0.29, 0.717) is 31.4 Å². The van der Waals surface area contributed by atoms with Crippen LogP contribution in [-0.2, 0) is 6.54 Å². The van der Waals surface area contributed by atoms with E-state index in [9.17, 15) is 18.8 Å². The summed E-state index contributed by atoms with van der Waals surface area (Å²) in [5.74, 6) is -0.960. The van der Waals surface area contributed by atoms with Crippen molar-refractivity contribution in [1.82, 2.24) is 39.2 Å². The van der Waals surface area contributed by atoms with E-state index in [0.717, 1.165) is 54.8 Å². The normalized spacial score (nSPS) is 20.3. The highest BCUT2D eigenvalue weighted by Gasteiger charge is 2.29. The van der Waals surface area contributed by atoms with Crippen LogP contribution in [0.15, 0.2) is 82.8 Å². The maximum Gasteiger partial charge on any atom is 0.337 e. The minimum atomic E-state index is -0.651. The van der Waals surface area contributed by atoms with Crippen LogP contribution < -0.4 is 16.6 Å². The highest BCUT2D eigenvalue weighted by molar-refractivity contribution is 5.92. The molecule has 3 aliphatic rings. The number of hydrogen-bond acceptors (Lipinski definition) is 8. The first kappa shape index (κ1) is 35.9. The minimum absolute atomic E-state index is 0.0395. The molecule has 2 aliphatic heterocycles. The number of carbonyl (C=O) groups excluding carboxylic acids is 1. The summed E-state index contributed by atoms with van der Waals surface area (Å²) in [4.78, 5) is 58.8. The summed E-state index contributed by atoms with van der Waals surface area (Å²) in [6.45, 7) is 7.48. The quantitative estimate of drug-likeness (QED) is 0.213. The number of rotatable bonds is 8. The number of aromatic nitrogens is 5. The fraction of sp³-hybridized carbons (Fsp3) is 0.429. The SMILES string of the molecule is Cc1cnc(C(=O)NC2CCC(n3c(=O)c4cc(F)cnc4n(-c4cccc(-c5ccc(CN6CCC(N7CCCCC7)CC6)cc5)c4)c3=O)CC2)cn1. The number of piperidine rings is 2. The lowest BCUT2D eigenvalue weighted by Gasteiger charge is -2.40. The first-order valence-electron chi connectivity index (χ1n) is 19.4. The topological polar surface area (TPSA) is 118 Å². The molecule has 5 heterocycles. The molecular formula is C42H47FN8O3. The highest BCUT2D eigenvalue weighted by Crippen LogP contribution is 2.29. The molecule has 11 nitrogen and oxygen atoms in total. The van der Waals surface area contributed by atoms with Gasteiger partial charge in [0.05, 0.1) is 29.2 Å². The van der Waals surface area contributed by atoms with E-state index in [1.807, 2.05) is 24.3 Å². The number of benzene rings is 2. The molecule has 2 saturated heterocycles. The number of nitrogens with zero attached hydrogens (tertiary/aromatic N) is 7. The van der Waals surface area contributed by atoms with Crippen molar-refractivity contribution in [2.75, 3.05) is 26.2 Å². The molecule has 12 heteroatoms. The molecule has 2 aromatic carbocycles. The summed E-state index contributed by atoms with van der Waals surface area (Å²) in [7, 11) is 0. The van der Waals surface area contributed by atoms with Crippen LogP contribution in [0.2, 0.25) is 0 Å². The smallest absolute Gasteiger partial charge is 0.337 e. The van der Waals surface area contributed by atoms with Crippen LogP contribution in [-0.4, -0.2) is 78.1 Å². The fourth-order valence-corrected chi connectivity index (χ4v) is 8.60. The van der Waals surface area contributed by atoms with E-state index in [1.54, 1.807) is 13.1 Å². The Bertz CT molecular complexity index is 2230. The van der Waals surface area contributed by atoms with Crippen molar-refractivity contribution in [2.24, 2.45) is 0 Å². The van der Waals surface area contributed by atoms with E-state index in [4.69, 9.17) is 0 Å². The second kappa shape index (κ2) is 15.7. The zero-order valence-corrected chi connectivity index (χ0v) is 30.8. The van der Waals surface area contributed by atoms with Gasteiger partial charge in [0.1, 0.15) is 11.5 Å². The number of aryl methyl sites for hydroxylation is 1. The minimum Gasteiger partial charge on any atom is -0.348 e. The zero-order valence-electron chi connectivity index (χ0n) is 30.8. The van der Waals surface area contributed by atoms with Gasteiger partial charge in [0.15, 0.2) is 5.65 Å². The molecule has 0 unspecified atom stereocenters.